The smallest absolute Gasteiger partial charge is 0.322 e. The number of aryl methyl sites for hydroxylation is 2. The number of likely N-dealkylation sites (N-methyl/N-ethyl adjacent to an activating group) is 1. The van der Waals surface area contributed by atoms with Crippen molar-refractivity contribution < 1.29 is 9.18 Å². The summed E-state index contributed by atoms with van der Waals surface area (Å²) in [4.78, 5) is 20.0. The second-order valence-electron chi connectivity index (χ2n) is 9.37. The van der Waals surface area contributed by atoms with E-state index in [-0.39, 0.29) is 11.8 Å². The SMILES string of the molecule is CCCN(Cc1c(C)nn(-c2cccc(F)c2)c1N1CCN(CC)CC1)C(=O)Nc1ccccc1C. The second-order valence-corrected chi connectivity index (χ2v) is 9.37. The van der Waals surface area contributed by atoms with E-state index in [9.17, 15) is 9.18 Å². The summed E-state index contributed by atoms with van der Waals surface area (Å²) in [7, 11) is 0. The van der Waals surface area contributed by atoms with Crippen LogP contribution in [0.5, 0.6) is 0 Å². The zero-order valence-electron chi connectivity index (χ0n) is 21.8. The molecule has 0 radical (unpaired) electrons. The first kappa shape index (κ1) is 25.7. The van der Waals surface area contributed by atoms with Crippen molar-refractivity contribution in [2.45, 2.75) is 40.7 Å². The highest BCUT2D eigenvalue weighted by molar-refractivity contribution is 5.90. The number of piperazine rings is 1. The lowest BCUT2D eigenvalue weighted by molar-refractivity contribution is 0.209. The van der Waals surface area contributed by atoms with E-state index in [4.69, 9.17) is 5.10 Å². The van der Waals surface area contributed by atoms with Gasteiger partial charge in [0.2, 0.25) is 0 Å². The van der Waals surface area contributed by atoms with Crippen molar-refractivity contribution in [3.63, 3.8) is 0 Å². The van der Waals surface area contributed by atoms with Crippen LogP contribution >= 0.6 is 0 Å². The molecule has 0 aliphatic carbocycles. The first-order chi connectivity index (χ1) is 17.4. The normalized spacial score (nSPS) is 14.2. The van der Waals surface area contributed by atoms with E-state index in [0.717, 1.165) is 67.5 Å². The average molecular weight is 493 g/mol. The third kappa shape index (κ3) is 5.70. The number of carbonyl (C=O) groups excluding carboxylic acids is 1. The number of halogens is 1. The van der Waals surface area contributed by atoms with E-state index in [1.807, 2.05) is 53.8 Å². The molecule has 4 rings (SSSR count). The summed E-state index contributed by atoms with van der Waals surface area (Å²) in [5, 5.41) is 7.93. The molecule has 36 heavy (non-hydrogen) atoms. The Balaban J connectivity index is 1.69. The zero-order chi connectivity index (χ0) is 25.7. The van der Waals surface area contributed by atoms with Crippen LogP contribution in [0, 0.1) is 19.7 Å². The molecule has 7 nitrogen and oxygen atoms in total. The number of aromatic nitrogens is 2. The summed E-state index contributed by atoms with van der Waals surface area (Å²) in [6.07, 6.45) is 0.836. The molecule has 3 aromatic rings. The van der Waals surface area contributed by atoms with Crippen LogP contribution in [0.25, 0.3) is 5.69 Å². The number of hydrogen-bond donors (Lipinski definition) is 1. The van der Waals surface area contributed by atoms with Crippen LogP contribution in [-0.4, -0.2) is 64.9 Å². The number of nitrogens with one attached hydrogen (secondary N) is 1. The van der Waals surface area contributed by atoms with Crippen molar-refractivity contribution in [3.05, 3.63) is 71.2 Å². The molecule has 8 heteroatoms. The fourth-order valence-electron chi connectivity index (χ4n) is 4.74. The molecule has 2 aromatic carbocycles. The van der Waals surface area contributed by atoms with Crippen molar-refractivity contribution in [3.8, 4) is 5.69 Å². The molecule has 1 saturated heterocycles. The lowest BCUT2D eigenvalue weighted by Crippen LogP contribution is -2.47. The summed E-state index contributed by atoms with van der Waals surface area (Å²) >= 11 is 0. The molecule has 2 heterocycles. The highest BCUT2D eigenvalue weighted by atomic mass is 19.1. The van der Waals surface area contributed by atoms with Crippen molar-refractivity contribution in [2.24, 2.45) is 0 Å². The number of rotatable bonds is 8. The highest BCUT2D eigenvalue weighted by Gasteiger charge is 2.27. The predicted octanol–water partition coefficient (Wildman–Crippen LogP) is 5.21. The lowest BCUT2D eigenvalue weighted by Gasteiger charge is -2.36. The van der Waals surface area contributed by atoms with Gasteiger partial charge in [-0.3, -0.25) is 0 Å². The number of anilines is 2. The maximum Gasteiger partial charge on any atom is 0.322 e. The molecule has 0 atom stereocenters. The Morgan fingerprint density at radius 3 is 2.47 bits per heavy atom. The molecule has 0 spiro atoms. The topological polar surface area (TPSA) is 56.6 Å². The molecule has 1 aliphatic heterocycles. The number of para-hydroxylation sites is 1. The van der Waals surface area contributed by atoms with Crippen LogP contribution in [0.15, 0.2) is 48.5 Å². The highest BCUT2D eigenvalue weighted by Crippen LogP contribution is 2.30. The number of hydrogen-bond acceptors (Lipinski definition) is 4. The Labute approximate surface area is 213 Å². The largest absolute Gasteiger partial charge is 0.354 e. The van der Waals surface area contributed by atoms with Gasteiger partial charge in [0, 0.05) is 44.0 Å². The van der Waals surface area contributed by atoms with E-state index in [2.05, 4.69) is 29.0 Å². The minimum absolute atomic E-state index is 0.134. The molecular formula is C28H37FN6O. The maximum absolute atomic E-state index is 14.2. The number of carbonyl (C=O) groups is 1. The van der Waals surface area contributed by atoms with Crippen molar-refractivity contribution in [1.29, 1.82) is 0 Å². The molecule has 1 N–H and O–H groups in total. The van der Waals surface area contributed by atoms with E-state index < -0.39 is 0 Å². The Hall–Kier alpha value is -3.39. The molecular weight excluding hydrogens is 455 g/mol. The Bertz CT molecular complexity index is 1180. The minimum Gasteiger partial charge on any atom is -0.354 e. The fraction of sp³-hybridized carbons (Fsp3) is 0.429. The van der Waals surface area contributed by atoms with Gasteiger partial charge in [-0.15, -0.1) is 0 Å². The Morgan fingerprint density at radius 2 is 1.81 bits per heavy atom. The third-order valence-corrected chi connectivity index (χ3v) is 6.85. The van der Waals surface area contributed by atoms with E-state index >= 15 is 0 Å². The van der Waals surface area contributed by atoms with Gasteiger partial charge in [0.25, 0.3) is 0 Å². The molecule has 2 amide bonds. The molecule has 0 unspecified atom stereocenters. The van der Waals surface area contributed by atoms with Gasteiger partial charge in [0.1, 0.15) is 11.6 Å². The lowest BCUT2D eigenvalue weighted by atomic mass is 10.1. The van der Waals surface area contributed by atoms with Gasteiger partial charge in [-0.1, -0.05) is 38.1 Å². The third-order valence-electron chi connectivity index (χ3n) is 6.85. The second kappa shape index (κ2) is 11.6. The van der Waals surface area contributed by atoms with Crippen molar-refractivity contribution >= 4 is 17.5 Å². The van der Waals surface area contributed by atoms with E-state index in [0.29, 0.717) is 18.8 Å². The van der Waals surface area contributed by atoms with Crippen LogP contribution in [0.4, 0.5) is 20.7 Å². The minimum atomic E-state index is -0.297. The van der Waals surface area contributed by atoms with Crippen LogP contribution < -0.4 is 10.2 Å². The standard InChI is InChI=1S/C28H37FN6O/c1-5-14-34(28(36)30-26-13-8-7-10-21(26)3)20-25-22(4)31-35(24-12-9-11-23(29)19-24)27(25)33-17-15-32(6-2)16-18-33/h7-13,19H,5-6,14-18,20H2,1-4H3,(H,30,36). The Morgan fingerprint density at radius 1 is 1.06 bits per heavy atom. The van der Waals surface area contributed by atoms with Gasteiger partial charge >= 0.3 is 6.03 Å². The molecule has 1 aliphatic rings. The first-order valence-corrected chi connectivity index (χ1v) is 12.8. The van der Waals surface area contributed by atoms with Gasteiger partial charge in [0.15, 0.2) is 0 Å². The molecule has 1 aromatic heterocycles. The molecule has 0 bridgehead atoms. The molecule has 1 fully saturated rings. The number of urea groups is 1. The molecule has 0 saturated carbocycles. The summed E-state index contributed by atoms with van der Waals surface area (Å²) < 4.78 is 16.0. The van der Waals surface area contributed by atoms with Crippen molar-refractivity contribution in [1.82, 2.24) is 19.6 Å². The van der Waals surface area contributed by atoms with Crippen LogP contribution in [0.1, 0.15) is 37.1 Å². The van der Waals surface area contributed by atoms with Gasteiger partial charge in [-0.25, -0.2) is 13.9 Å². The number of benzene rings is 2. The summed E-state index contributed by atoms with van der Waals surface area (Å²) in [5.41, 5.74) is 4.36. The van der Waals surface area contributed by atoms with Crippen LogP contribution in [-0.2, 0) is 6.54 Å². The number of nitrogens with zero attached hydrogens (tertiary/aromatic N) is 5. The van der Waals surface area contributed by atoms with Crippen LogP contribution in [0.3, 0.4) is 0 Å². The summed E-state index contributed by atoms with van der Waals surface area (Å²) in [5.74, 6) is 0.646. The van der Waals surface area contributed by atoms with Gasteiger partial charge < -0.3 is 20.0 Å². The quantitative estimate of drug-likeness (QED) is 0.469. The van der Waals surface area contributed by atoms with Gasteiger partial charge in [-0.2, -0.15) is 5.10 Å². The fourth-order valence-corrected chi connectivity index (χ4v) is 4.74. The predicted molar refractivity (Wildman–Crippen MR) is 143 cm³/mol. The first-order valence-electron chi connectivity index (χ1n) is 12.8. The van der Waals surface area contributed by atoms with E-state index in [1.54, 1.807) is 6.07 Å². The van der Waals surface area contributed by atoms with Gasteiger partial charge in [0.05, 0.1) is 17.9 Å². The van der Waals surface area contributed by atoms with Crippen LogP contribution in [0.2, 0.25) is 0 Å². The maximum atomic E-state index is 14.2. The summed E-state index contributed by atoms with van der Waals surface area (Å²) in [6.45, 7) is 13.9. The average Bonchev–Trinajstić information content (AvgIpc) is 3.21. The summed E-state index contributed by atoms with van der Waals surface area (Å²) in [6, 6.07) is 14.2. The van der Waals surface area contributed by atoms with Crippen molar-refractivity contribution in [2.75, 3.05) is 49.5 Å². The molecule has 192 valence electrons. The van der Waals surface area contributed by atoms with E-state index in [1.165, 1.54) is 12.1 Å². The van der Waals surface area contributed by atoms with Gasteiger partial charge in [-0.05, 0) is 56.6 Å². The Kier molecular flexibility index (Phi) is 8.25. The zero-order valence-corrected chi connectivity index (χ0v) is 21.8. The monoisotopic (exact) mass is 492 g/mol. The number of amides is 2.